The van der Waals surface area contributed by atoms with Crippen molar-refractivity contribution in [1.29, 1.82) is 0 Å². The molecule has 0 unspecified atom stereocenters. The summed E-state index contributed by atoms with van der Waals surface area (Å²) in [6.07, 6.45) is 0. The van der Waals surface area contributed by atoms with Crippen molar-refractivity contribution in [2.75, 3.05) is 17.2 Å². The molecule has 0 heterocycles. The summed E-state index contributed by atoms with van der Waals surface area (Å²) in [5, 5.41) is 27.2. The first-order chi connectivity index (χ1) is 11.8. The first kappa shape index (κ1) is 17.9. The van der Waals surface area contributed by atoms with Gasteiger partial charge in [0.05, 0.1) is 22.1 Å². The fourth-order valence-corrected chi connectivity index (χ4v) is 2.24. The summed E-state index contributed by atoms with van der Waals surface area (Å²) in [5.74, 6) is -0.422. The van der Waals surface area contributed by atoms with E-state index in [1.165, 1.54) is 24.3 Å². The fraction of sp³-hybridized carbons (Fsp3) is 0.188. The molecule has 2 aromatic rings. The van der Waals surface area contributed by atoms with Gasteiger partial charge in [-0.15, -0.1) is 0 Å². The molecule has 0 saturated carbocycles. The summed E-state index contributed by atoms with van der Waals surface area (Å²) in [7, 11) is 0. The largest absolute Gasteiger partial charge is 0.376 e. The molecule has 130 valence electrons. The van der Waals surface area contributed by atoms with E-state index >= 15 is 0 Å². The van der Waals surface area contributed by atoms with E-state index in [0.29, 0.717) is 22.5 Å². The van der Waals surface area contributed by atoms with E-state index in [2.05, 4.69) is 10.6 Å². The second kappa shape index (κ2) is 7.39. The molecule has 9 heteroatoms. The Kier molecular flexibility index (Phi) is 5.28. The van der Waals surface area contributed by atoms with Crippen LogP contribution < -0.4 is 10.6 Å². The van der Waals surface area contributed by atoms with Gasteiger partial charge in [0, 0.05) is 29.4 Å². The van der Waals surface area contributed by atoms with Gasteiger partial charge in [0.2, 0.25) is 5.91 Å². The van der Waals surface area contributed by atoms with Crippen LogP contribution in [-0.4, -0.2) is 22.3 Å². The van der Waals surface area contributed by atoms with Crippen molar-refractivity contribution in [3.63, 3.8) is 0 Å². The summed E-state index contributed by atoms with van der Waals surface area (Å²) in [4.78, 5) is 32.8. The van der Waals surface area contributed by atoms with Gasteiger partial charge in [-0.1, -0.05) is 12.1 Å². The number of hydrogen-bond donors (Lipinski definition) is 2. The van der Waals surface area contributed by atoms with Crippen molar-refractivity contribution in [3.8, 4) is 0 Å². The Bertz CT molecular complexity index is 850. The maximum atomic E-state index is 12.1. The molecule has 0 fully saturated rings. The number of hydrogen-bond acceptors (Lipinski definition) is 6. The zero-order valence-electron chi connectivity index (χ0n) is 13.6. The molecular weight excluding hydrogens is 328 g/mol. The number of anilines is 2. The average molecular weight is 344 g/mol. The zero-order valence-corrected chi connectivity index (χ0v) is 13.6. The number of amides is 1. The summed E-state index contributed by atoms with van der Waals surface area (Å²) in [6, 6.07) is 8.73. The van der Waals surface area contributed by atoms with Crippen molar-refractivity contribution in [1.82, 2.24) is 0 Å². The molecule has 0 aliphatic rings. The van der Waals surface area contributed by atoms with E-state index in [4.69, 9.17) is 0 Å². The number of carbonyl (C=O) groups is 1. The number of nitrogens with zero attached hydrogens (tertiary/aromatic N) is 2. The maximum absolute atomic E-state index is 12.1. The third kappa shape index (κ3) is 4.28. The summed E-state index contributed by atoms with van der Waals surface area (Å²) < 4.78 is 0. The molecule has 9 nitrogen and oxygen atoms in total. The fourth-order valence-electron chi connectivity index (χ4n) is 2.24. The monoisotopic (exact) mass is 344 g/mol. The number of benzene rings is 2. The lowest BCUT2D eigenvalue weighted by molar-refractivity contribution is -0.385. The molecule has 0 bridgehead atoms. The minimum absolute atomic E-state index is 0.0417. The van der Waals surface area contributed by atoms with Gasteiger partial charge in [-0.05, 0) is 25.5 Å². The smallest absolute Gasteiger partial charge is 0.274 e. The van der Waals surface area contributed by atoms with Gasteiger partial charge in [-0.2, -0.15) is 0 Å². The second-order valence-electron chi connectivity index (χ2n) is 5.36. The van der Waals surface area contributed by atoms with Gasteiger partial charge < -0.3 is 10.6 Å². The topological polar surface area (TPSA) is 127 Å². The highest BCUT2D eigenvalue weighted by Gasteiger charge is 2.14. The first-order valence-electron chi connectivity index (χ1n) is 7.32. The number of nitro groups is 2. The predicted octanol–water partition coefficient (Wildman–Crippen LogP) is 3.17. The number of nitro benzene ring substituents is 2. The molecule has 0 aromatic heterocycles. The van der Waals surface area contributed by atoms with Crippen molar-refractivity contribution >= 4 is 28.7 Å². The molecule has 2 N–H and O–H groups in total. The molecule has 0 atom stereocenters. The van der Waals surface area contributed by atoms with Crippen molar-refractivity contribution in [3.05, 3.63) is 67.8 Å². The van der Waals surface area contributed by atoms with Gasteiger partial charge in [-0.25, -0.2) is 0 Å². The lowest BCUT2D eigenvalue weighted by Crippen LogP contribution is -2.22. The molecule has 0 aliphatic heterocycles. The van der Waals surface area contributed by atoms with Gasteiger partial charge in [0.1, 0.15) is 0 Å². The van der Waals surface area contributed by atoms with E-state index in [-0.39, 0.29) is 17.9 Å². The number of rotatable bonds is 6. The van der Waals surface area contributed by atoms with Crippen LogP contribution in [0.4, 0.5) is 22.7 Å². The average Bonchev–Trinajstić information content (AvgIpc) is 2.55. The lowest BCUT2D eigenvalue weighted by Gasteiger charge is -2.11. The molecular formula is C16H16N4O5. The van der Waals surface area contributed by atoms with Gasteiger partial charge >= 0.3 is 0 Å². The Morgan fingerprint density at radius 1 is 1.04 bits per heavy atom. The molecule has 25 heavy (non-hydrogen) atoms. The van der Waals surface area contributed by atoms with Crippen LogP contribution >= 0.6 is 0 Å². The summed E-state index contributed by atoms with van der Waals surface area (Å²) >= 11 is 0. The third-order valence-electron chi connectivity index (χ3n) is 3.65. The van der Waals surface area contributed by atoms with Crippen LogP contribution in [0.3, 0.4) is 0 Å². The van der Waals surface area contributed by atoms with Gasteiger partial charge in [-0.3, -0.25) is 25.0 Å². The van der Waals surface area contributed by atoms with E-state index in [0.717, 1.165) is 0 Å². The van der Waals surface area contributed by atoms with Crippen molar-refractivity contribution in [2.24, 2.45) is 0 Å². The van der Waals surface area contributed by atoms with Crippen LogP contribution in [0.25, 0.3) is 0 Å². The number of aryl methyl sites for hydroxylation is 1. The predicted molar refractivity (Wildman–Crippen MR) is 92.8 cm³/mol. The van der Waals surface area contributed by atoms with Crippen LogP contribution in [0.2, 0.25) is 0 Å². The highest BCUT2D eigenvalue weighted by molar-refractivity contribution is 5.94. The summed E-state index contributed by atoms with van der Waals surface area (Å²) in [5.41, 5.74) is 1.76. The lowest BCUT2D eigenvalue weighted by atomic mass is 10.1. The van der Waals surface area contributed by atoms with Crippen LogP contribution in [0.5, 0.6) is 0 Å². The number of carbonyl (C=O) groups excluding carboxylic acids is 1. The van der Waals surface area contributed by atoms with Crippen molar-refractivity contribution in [2.45, 2.75) is 13.8 Å². The Morgan fingerprint density at radius 3 is 2.40 bits per heavy atom. The van der Waals surface area contributed by atoms with E-state index < -0.39 is 15.8 Å². The van der Waals surface area contributed by atoms with E-state index in [9.17, 15) is 25.0 Å². The molecule has 2 rings (SSSR count). The Balaban J connectivity index is 2.07. The highest BCUT2D eigenvalue weighted by atomic mass is 16.6. The zero-order chi connectivity index (χ0) is 18.6. The quantitative estimate of drug-likeness (QED) is 0.612. The Morgan fingerprint density at radius 2 is 1.76 bits per heavy atom. The first-order valence-corrected chi connectivity index (χ1v) is 7.32. The Hall–Kier alpha value is -3.49. The van der Waals surface area contributed by atoms with Gasteiger partial charge in [0.25, 0.3) is 11.4 Å². The third-order valence-corrected chi connectivity index (χ3v) is 3.65. The van der Waals surface area contributed by atoms with E-state index in [1.54, 1.807) is 26.0 Å². The highest BCUT2D eigenvalue weighted by Crippen LogP contribution is 2.25. The number of non-ortho nitro benzene ring substituents is 1. The normalized spacial score (nSPS) is 10.2. The SMILES string of the molecule is Cc1ccc([N+](=O)[O-])cc1NC(=O)CNc1cccc([N+](=O)[O-])c1C. The Labute approximate surface area is 143 Å². The summed E-state index contributed by atoms with van der Waals surface area (Å²) in [6.45, 7) is 3.17. The minimum atomic E-state index is -0.542. The molecule has 0 saturated heterocycles. The number of nitrogens with one attached hydrogen (secondary N) is 2. The van der Waals surface area contributed by atoms with Crippen LogP contribution in [0, 0.1) is 34.1 Å². The van der Waals surface area contributed by atoms with Crippen LogP contribution in [0.15, 0.2) is 36.4 Å². The molecule has 0 spiro atoms. The molecule has 2 aromatic carbocycles. The van der Waals surface area contributed by atoms with Crippen molar-refractivity contribution < 1.29 is 14.6 Å². The standard InChI is InChI=1S/C16H16N4O5/c1-10-6-7-12(19(22)23)8-14(10)18-16(21)9-17-13-4-3-5-15(11(13)2)20(24)25/h3-8,17H,9H2,1-2H3,(H,18,21). The van der Waals surface area contributed by atoms with E-state index in [1.807, 2.05) is 0 Å². The van der Waals surface area contributed by atoms with Gasteiger partial charge in [0.15, 0.2) is 0 Å². The second-order valence-corrected chi connectivity index (χ2v) is 5.36. The van der Waals surface area contributed by atoms with Crippen LogP contribution in [0.1, 0.15) is 11.1 Å². The molecule has 0 aliphatic carbocycles. The molecule has 0 radical (unpaired) electrons. The minimum Gasteiger partial charge on any atom is -0.376 e. The van der Waals surface area contributed by atoms with Crippen LogP contribution in [-0.2, 0) is 4.79 Å². The maximum Gasteiger partial charge on any atom is 0.274 e. The molecule has 1 amide bonds.